The molecule has 2 heterocycles. The van der Waals surface area contributed by atoms with Crippen LogP contribution in [0.25, 0.3) is 10.9 Å². The Morgan fingerprint density at radius 1 is 0.872 bits per heavy atom. The van der Waals surface area contributed by atoms with Crippen molar-refractivity contribution in [2.75, 3.05) is 31.5 Å². The zero-order valence-electron chi connectivity index (χ0n) is 21.5. The van der Waals surface area contributed by atoms with Gasteiger partial charge in [-0.25, -0.2) is 18.4 Å². The standard InChI is InChI=1S/C28H28F3N5O2S/c1-19-7-11-22(12-8-19)32-27-24-5-3-4-6-25(24)33-26(34-27)20(2)35-15-17-36(18-16-35)39(37,38)23-13-9-21(10-14-23)28(29,30)31/h3-14,20H,15-18H2,1-2H3,(H,32,33,34)/t20-/m1/s1. The number of alkyl halides is 3. The Hall–Kier alpha value is -3.54. The number of aryl methyl sites for hydroxylation is 1. The van der Waals surface area contributed by atoms with Crippen molar-refractivity contribution in [2.45, 2.75) is 31.0 Å². The van der Waals surface area contributed by atoms with E-state index in [0.29, 0.717) is 24.7 Å². The lowest BCUT2D eigenvalue weighted by atomic mass is 10.2. The summed E-state index contributed by atoms with van der Waals surface area (Å²) in [6, 6.07) is 19.2. The molecule has 0 bridgehead atoms. The summed E-state index contributed by atoms with van der Waals surface area (Å²) in [5.74, 6) is 1.30. The molecule has 1 aromatic heterocycles. The molecule has 1 atom stereocenters. The van der Waals surface area contributed by atoms with E-state index < -0.39 is 21.8 Å². The molecule has 0 unspecified atom stereocenters. The third kappa shape index (κ3) is 5.75. The molecule has 1 aliphatic heterocycles. The Balaban J connectivity index is 1.32. The van der Waals surface area contributed by atoms with E-state index in [1.54, 1.807) is 0 Å². The Morgan fingerprint density at radius 2 is 1.51 bits per heavy atom. The Bertz CT molecular complexity index is 1570. The van der Waals surface area contributed by atoms with E-state index >= 15 is 0 Å². The van der Waals surface area contributed by atoms with Crippen LogP contribution in [-0.4, -0.2) is 53.8 Å². The van der Waals surface area contributed by atoms with E-state index in [1.165, 1.54) is 4.31 Å². The highest BCUT2D eigenvalue weighted by Gasteiger charge is 2.33. The highest BCUT2D eigenvalue weighted by atomic mass is 32.2. The number of aromatic nitrogens is 2. The van der Waals surface area contributed by atoms with E-state index in [9.17, 15) is 21.6 Å². The number of sulfonamides is 1. The predicted molar refractivity (Wildman–Crippen MR) is 144 cm³/mol. The van der Waals surface area contributed by atoms with Crippen molar-refractivity contribution in [3.63, 3.8) is 0 Å². The molecule has 3 aromatic carbocycles. The number of anilines is 2. The van der Waals surface area contributed by atoms with E-state index in [4.69, 9.17) is 9.97 Å². The van der Waals surface area contributed by atoms with Crippen LogP contribution in [0.4, 0.5) is 24.7 Å². The minimum Gasteiger partial charge on any atom is -0.340 e. The number of rotatable bonds is 6. The van der Waals surface area contributed by atoms with Crippen LogP contribution in [0.3, 0.4) is 0 Å². The molecule has 0 aliphatic carbocycles. The third-order valence-corrected chi connectivity index (χ3v) is 8.86. The summed E-state index contributed by atoms with van der Waals surface area (Å²) < 4.78 is 66.1. The molecule has 11 heteroatoms. The first-order chi connectivity index (χ1) is 18.5. The van der Waals surface area contributed by atoms with E-state index in [1.807, 2.05) is 62.4 Å². The van der Waals surface area contributed by atoms with E-state index in [-0.39, 0.29) is 24.0 Å². The summed E-state index contributed by atoms with van der Waals surface area (Å²) in [5.41, 5.74) is 1.98. The van der Waals surface area contributed by atoms with Gasteiger partial charge in [-0.05, 0) is 62.4 Å². The number of piperazine rings is 1. The van der Waals surface area contributed by atoms with Crippen LogP contribution < -0.4 is 5.32 Å². The van der Waals surface area contributed by atoms with Gasteiger partial charge in [0.2, 0.25) is 10.0 Å². The zero-order chi connectivity index (χ0) is 27.8. The van der Waals surface area contributed by atoms with E-state index in [0.717, 1.165) is 46.4 Å². The average Bonchev–Trinajstić information content (AvgIpc) is 2.93. The smallest absolute Gasteiger partial charge is 0.340 e. The molecule has 39 heavy (non-hydrogen) atoms. The lowest BCUT2D eigenvalue weighted by molar-refractivity contribution is -0.137. The topological polar surface area (TPSA) is 78.4 Å². The van der Waals surface area contributed by atoms with Crippen molar-refractivity contribution in [1.29, 1.82) is 0 Å². The fourth-order valence-electron chi connectivity index (χ4n) is 4.61. The van der Waals surface area contributed by atoms with Crippen molar-refractivity contribution in [2.24, 2.45) is 0 Å². The number of hydrogen-bond donors (Lipinski definition) is 1. The lowest BCUT2D eigenvalue weighted by Crippen LogP contribution is -2.49. The van der Waals surface area contributed by atoms with Gasteiger partial charge in [0.05, 0.1) is 22.0 Å². The molecule has 0 radical (unpaired) electrons. The maximum Gasteiger partial charge on any atom is 0.416 e. The second-order valence-corrected chi connectivity index (χ2v) is 11.5. The van der Waals surface area contributed by atoms with E-state index in [2.05, 4.69) is 10.2 Å². The quantitative estimate of drug-likeness (QED) is 0.326. The second kappa shape index (κ2) is 10.6. The van der Waals surface area contributed by atoms with Crippen molar-refractivity contribution in [3.05, 3.63) is 89.7 Å². The number of hydrogen-bond acceptors (Lipinski definition) is 6. The maximum atomic E-state index is 13.1. The normalized spacial score (nSPS) is 16.3. The van der Waals surface area contributed by atoms with Gasteiger partial charge in [-0.3, -0.25) is 4.90 Å². The van der Waals surface area contributed by atoms with Gasteiger partial charge in [-0.2, -0.15) is 17.5 Å². The van der Waals surface area contributed by atoms with Gasteiger partial charge in [-0.15, -0.1) is 0 Å². The Labute approximate surface area is 225 Å². The first-order valence-corrected chi connectivity index (χ1v) is 14.0. The fraction of sp³-hybridized carbons (Fsp3) is 0.286. The fourth-order valence-corrected chi connectivity index (χ4v) is 6.03. The van der Waals surface area contributed by atoms with Gasteiger partial charge in [0.15, 0.2) is 0 Å². The van der Waals surface area contributed by atoms with Crippen LogP contribution in [0.1, 0.15) is 29.9 Å². The number of nitrogens with zero attached hydrogens (tertiary/aromatic N) is 4. The second-order valence-electron chi connectivity index (χ2n) is 9.58. The molecule has 204 valence electrons. The van der Waals surface area contributed by atoms with Gasteiger partial charge in [0.1, 0.15) is 11.6 Å². The number of para-hydroxylation sites is 1. The first kappa shape index (κ1) is 27.0. The lowest BCUT2D eigenvalue weighted by Gasteiger charge is -2.37. The van der Waals surface area contributed by atoms with Crippen LogP contribution in [0.2, 0.25) is 0 Å². The predicted octanol–water partition coefficient (Wildman–Crippen LogP) is 5.77. The van der Waals surface area contributed by atoms with Crippen LogP contribution in [0.5, 0.6) is 0 Å². The van der Waals surface area contributed by atoms with Crippen LogP contribution in [0, 0.1) is 6.92 Å². The number of nitrogens with one attached hydrogen (secondary N) is 1. The molecule has 1 fully saturated rings. The average molecular weight is 556 g/mol. The SMILES string of the molecule is Cc1ccc(Nc2nc([C@@H](C)N3CCN(S(=O)(=O)c4ccc(C(F)(F)F)cc4)CC3)nc3ccccc23)cc1. The highest BCUT2D eigenvalue weighted by molar-refractivity contribution is 7.89. The van der Waals surface area contributed by atoms with Crippen molar-refractivity contribution < 1.29 is 21.6 Å². The molecule has 1 saturated heterocycles. The summed E-state index contributed by atoms with van der Waals surface area (Å²) in [6.45, 7) is 5.28. The maximum absolute atomic E-state index is 13.1. The number of fused-ring (bicyclic) bond motifs is 1. The monoisotopic (exact) mass is 555 g/mol. The molecular formula is C28H28F3N5O2S. The highest BCUT2D eigenvalue weighted by Crippen LogP contribution is 2.31. The van der Waals surface area contributed by atoms with Crippen molar-refractivity contribution >= 4 is 32.4 Å². The summed E-state index contributed by atoms with van der Waals surface area (Å²) >= 11 is 0. The first-order valence-electron chi connectivity index (χ1n) is 12.5. The summed E-state index contributed by atoms with van der Waals surface area (Å²) in [7, 11) is -3.91. The number of benzene rings is 3. The van der Waals surface area contributed by atoms with Gasteiger partial charge >= 0.3 is 6.18 Å². The Kier molecular flexibility index (Phi) is 7.32. The minimum absolute atomic E-state index is 0.151. The molecule has 7 nitrogen and oxygen atoms in total. The summed E-state index contributed by atoms with van der Waals surface area (Å²) in [5, 5.41) is 4.29. The molecular weight excluding hydrogens is 527 g/mol. The van der Waals surface area contributed by atoms with Gasteiger partial charge in [0, 0.05) is 37.3 Å². The van der Waals surface area contributed by atoms with Crippen molar-refractivity contribution in [3.8, 4) is 0 Å². The summed E-state index contributed by atoms with van der Waals surface area (Å²) in [4.78, 5) is 11.6. The van der Waals surface area contributed by atoms with Gasteiger partial charge < -0.3 is 5.32 Å². The molecule has 0 spiro atoms. The van der Waals surface area contributed by atoms with Crippen LogP contribution in [-0.2, 0) is 16.2 Å². The van der Waals surface area contributed by atoms with Gasteiger partial charge in [0.25, 0.3) is 0 Å². The zero-order valence-corrected chi connectivity index (χ0v) is 22.3. The van der Waals surface area contributed by atoms with Crippen molar-refractivity contribution in [1.82, 2.24) is 19.2 Å². The Morgan fingerprint density at radius 3 is 2.15 bits per heavy atom. The number of halogens is 3. The third-order valence-electron chi connectivity index (χ3n) is 6.95. The van der Waals surface area contributed by atoms with Crippen LogP contribution in [0.15, 0.2) is 77.7 Å². The molecule has 1 N–H and O–H groups in total. The molecule has 4 aromatic rings. The molecule has 0 amide bonds. The van der Waals surface area contributed by atoms with Gasteiger partial charge in [-0.1, -0.05) is 29.8 Å². The minimum atomic E-state index is -4.52. The summed E-state index contributed by atoms with van der Waals surface area (Å²) in [6.07, 6.45) is -4.52. The molecule has 5 rings (SSSR count). The largest absolute Gasteiger partial charge is 0.416 e. The molecule has 0 saturated carbocycles. The van der Waals surface area contributed by atoms with Crippen LogP contribution >= 0.6 is 0 Å². The molecule has 1 aliphatic rings.